The lowest BCUT2D eigenvalue weighted by molar-refractivity contribution is -0.128. The molecule has 0 saturated carbocycles. The first kappa shape index (κ1) is 19.8. The minimum atomic E-state index is -0.657. The molecule has 0 bridgehead atoms. The van der Waals surface area contributed by atoms with Crippen molar-refractivity contribution < 1.29 is 18.3 Å². The second-order valence-electron chi connectivity index (χ2n) is 7.20. The van der Waals surface area contributed by atoms with Crippen molar-refractivity contribution in [1.82, 2.24) is 5.32 Å². The average Bonchev–Trinajstić information content (AvgIpc) is 2.60. The fourth-order valence-corrected chi connectivity index (χ4v) is 3.77. The lowest BCUT2D eigenvalue weighted by atomic mass is 9.81. The smallest absolute Gasteiger partial charge is 0.220 e. The molecule has 0 unspecified atom stereocenters. The predicted octanol–water partition coefficient (Wildman–Crippen LogP) is 5.50. The Morgan fingerprint density at radius 1 is 1.22 bits per heavy atom. The van der Waals surface area contributed by atoms with Crippen LogP contribution in [0.3, 0.4) is 0 Å². The molecule has 0 radical (unpaired) electrons. The van der Waals surface area contributed by atoms with Gasteiger partial charge in [-0.25, -0.2) is 8.78 Å². The van der Waals surface area contributed by atoms with E-state index in [0.717, 1.165) is 11.6 Å². The van der Waals surface area contributed by atoms with Gasteiger partial charge in [0.25, 0.3) is 0 Å². The first-order valence-corrected chi connectivity index (χ1v) is 9.34. The summed E-state index contributed by atoms with van der Waals surface area (Å²) in [7, 11) is 0. The molecule has 2 aromatic carbocycles. The van der Waals surface area contributed by atoms with Gasteiger partial charge in [0, 0.05) is 41.5 Å². The number of carbonyl (C=O) groups is 1. The van der Waals surface area contributed by atoms with Crippen LogP contribution in [-0.4, -0.2) is 11.4 Å². The van der Waals surface area contributed by atoms with Crippen LogP contribution < -0.4 is 5.32 Å². The van der Waals surface area contributed by atoms with E-state index in [1.165, 1.54) is 12.1 Å². The van der Waals surface area contributed by atoms with Gasteiger partial charge in [-0.1, -0.05) is 36.7 Å². The van der Waals surface area contributed by atoms with Crippen LogP contribution in [0.2, 0.25) is 5.02 Å². The molecule has 3 atom stereocenters. The van der Waals surface area contributed by atoms with Crippen molar-refractivity contribution in [2.24, 2.45) is 0 Å². The largest absolute Gasteiger partial charge is 0.365 e. The summed E-state index contributed by atoms with van der Waals surface area (Å²) < 4.78 is 33.9. The molecule has 2 aromatic rings. The summed E-state index contributed by atoms with van der Waals surface area (Å²) in [5.41, 5.74) is 0.538. The Morgan fingerprint density at radius 3 is 2.63 bits per heavy atom. The third-order valence-electron chi connectivity index (χ3n) is 4.89. The highest BCUT2D eigenvalue weighted by Crippen LogP contribution is 2.44. The van der Waals surface area contributed by atoms with Crippen molar-refractivity contribution in [3.05, 3.63) is 70.2 Å². The van der Waals surface area contributed by atoms with Gasteiger partial charge in [-0.05, 0) is 30.7 Å². The van der Waals surface area contributed by atoms with Crippen molar-refractivity contribution >= 4 is 17.5 Å². The first-order chi connectivity index (χ1) is 12.8. The molecule has 144 valence electrons. The Kier molecular flexibility index (Phi) is 5.82. The van der Waals surface area contributed by atoms with E-state index in [1.807, 2.05) is 19.1 Å². The molecule has 27 heavy (non-hydrogen) atoms. The molecule has 1 aliphatic rings. The van der Waals surface area contributed by atoms with Crippen LogP contribution in [-0.2, 0) is 9.53 Å². The Hall–Kier alpha value is -1.98. The summed E-state index contributed by atoms with van der Waals surface area (Å²) in [4.78, 5) is 12.0. The zero-order valence-corrected chi connectivity index (χ0v) is 16.0. The van der Waals surface area contributed by atoms with Crippen molar-refractivity contribution in [2.45, 2.75) is 50.9 Å². The summed E-state index contributed by atoms with van der Waals surface area (Å²) in [6, 6.07) is 10.8. The van der Waals surface area contributed by atoms with Crippen molar-refractivity contribution in [2.75, 3.05) is 0 Å². The van der Waals surface area contributed by atoms with Gasteiger partial charge in [-0.15, -0.1) is 0 Å². The lowest BCUT2D eigenvalue weighted by Gasteiger charge is -2.43. The standard InChI is InChI=1S/C21H22ClF2NO2/c1-3-20(26)25-21(2)11-18(13-5-4-6-14(22)9-13)27-19(12-21)16-8-7-15(23)10-17(16)24/h4-10,18-19H,3,11-12H2,1-2H3,(H,25,26)/t18-,19+,21-/m0/s1. The van der Waals surface area contributed by atoms with E-state index in [1.54, 1.807) is 19.1 Å². The normalized spacial score (nSPS) is 25.2. The van der Waals surface area contributed by atoms with E-state index in [-0.39, 0.29) is 17.6 Å². The molecule has 1 saturated heterocycles. The van der Waals surface area contributed by atoms with Gasteiger partial charge in [0.2, 0.25) is 5.91 Å². The van der Waals surface area contributed by atoms with Crippen molar-refractivity contribution in [3.63, 3.8) is 0 Å². The van der Waals surface area contributed by atoms with Crippen LogP contribution in [0, 0.1) is 11.6 Å². The highest BCUT2D eigenvalue weighted by atomic mass is 35.5. The molecule has 1 aliphatic heterocycles. The van der Waals surface area contributed by atoms with Gasteiger partial charge >= 0.3 is 0 Å². The summed E-state index contributed by atoms with van der Waals surface area (Å²) in [5.74, 6) is -1.38. The van der Waals surface area contributed by atoms with E-state index < -0.39 is 23.3 Å². The number of rotatable bonds is 4. The van der Waals surface area contributed by atoms with Gasteiger partial charge in [-0.3, -0.25) is 4.79 Å². The van der Waals surface area contributed by atoms with E-state index in [4.69, 9.17) is 16.3 Å². The maximum Gasteiger partial charge on any atom is 0.220 e. The number of hydrogen-bond donors (Lipinski definition) is 1. The van der Waals surface area contributed by atoms with Crippen LogP contribution >= 0.6 is 11.6 Å². The molecular formula is C21H22ClF2NO2. The molecule has 1 fully saturated rings. The fraction of sp³-hybridized carbons (Fsp3) is 0.381. The van der Waals surface area contributed by atoms with Crippen LogP contribution in [0.1, 0.15) is 56.4 Å². The van der Waals surface area contributed by atoms with Gasteiger partial charge in [0.05, 0.1) is 12.2 Å². The molecule has 3 nitrogen and oxygen atoms in total. The highest BCUT2D eigenvalue weighted by Gasteiger charge is 2.40. The third kappa shape index (κ3) is 4.66. The molecular weight excluding hydrogens is 372 g/mol. The average molecular weight is 394 g/mol. The topological polar surface area (TPSA) is 38.3 Å². The first-order valence-electron chi connectivity index (χ1n) is 8.96. The maximum atomic E-state index is 14.4. The molecule has 0 spiro atoms. The highest BCUT2D eigenvalue weighted by molar-refractivity contribution is 6.30. The predicted molar refractivity (Wildman–Crippen MR) is 100 cm³/mol. The van der Waals surface area contributed by atoms with E-state index in [0.29, 0.717) is 24.3 Å². The van der Waals surface area contributed by atoms with Crippen LogP contribution in [0.25, 0.3) is 0 Å². The number of nitrogens with one attached hydrogen (secondary N) is 1. The van der Waals surface area contributed by atoms with Crippen LogP contribution in [0.15, 0.2) is 42.5 Å². The number of ether oxygens (including phenoxy) is 1. The second kappa shape index (κ2) is 7.95. The summed E-state index contributed by atoms with van der Waals surface area (Å²) in [5, 5.41) is 3.62. The Bertz CT molecular complexity index is 845. The van der Waals surface area contributed by atoms with Gasteiger partial charge in [0.15, 0.2) is 0 Å². The molecule has 6 heteroatoms. The van der Waals surface area contributed by atoms with Gasteiger partial charge < -0.3 is 10.1 Å². The number of hydrogen-bond acceptors (Lipinski definition) is 2. The molecule has 0 aromatic heterocycles. The van der Waals surface area contributed by atoms with E-state index in [2.05, 4.69) is 5.32 Å². The quantitative estimate of drug-likeness (QED) is 0.745. The minimum absolute atomic E-state index is 0.0810. The Balaban J connectivity index is 1.96. The molecule has 3 rings (SSSR count). The summed E-state index contributed by atoms with van der Waals surface area (Å²) in [6.07, 6.45) is 0.268. The molecule has 1 heterocycles. The summed E-state index contributed by atoms with van der Waals surface area (Å²) in [6.45, 7) is 3.71. The monoisotopic (exact) mass is 393 g/mol. The zero-order chi connectivity index (χ0) is 19.6. The molecule has 1 amide bonds. The third-order valence-corrected chi connectivity index (χ3v) is 5.13. The van der Waals surface area contributed by atoms with Crippen molar-refractivity contribution in [3.8, 4) is 0 Å². The van der Waals surface area contributed by atoms with Crippen LogP contribution in [0.4, 0.5) is 8.78 Å². The Morgan fingerprint density at radius 2 is 1.96 bits per heavy atom. The zero-order valence-electron chi connectivity index (χ0n) is 15.3. The number of halogens is 3. The second-order valence-corrected chi connectivity index (χ2v) is 7.64. The number of benzene rings is 2. The minimum Gasteiger partial charge on any atom is -0.365 e. The van der Waals surface area contributed by atoms with Crippen molar-refractivity contribution in [1.29, 1.82) is 0 Å². The number of carbonyl (C=O) groups excluding carboxylic acids is 1. The Labute approximate surface area is 162 Å². The SMILES string of the molecule is CCC(=O)N[C@@]1(C)C[C@@H](c2cccc(Cl)c2)O[C@@H](c2ccc(F)cc2F)C1. The van der Waals surface area contributed by atoms with E-state index in [9.17, 15) is 13.6 Å². The van der Waals surface area contributed by atoms with E-state index >= 15 is 0 Å². The number of amides is 1. The molecule has 1 N–H and O–H groups in total. The van der Waals surface area contributed by atoms with Gasteiger partial charge in [0.1, 0.15) is 11.6 Å². The van der Waals surface area contributed by atoms with Crippen LogP contribution in [0.5, 0.6) is 0 Å². The lowest BCUT2D eigenvalue weighted by Crippen LogP contribution is -2.50. The molecule has 0 aliphatic carbocycles. The van der Waals surface area contributed by atoms with Gasteiger partial charge in [-0.2, -0.15) is 0 Å². The maximum absolute atomic E-state index is 14.4. The fourth-order valence-electron chi connectivity index (χ4n) is 3.57. The summed E-state index contributed by atoms with van der Waals surface area (Å²) >= 11 is 6.11.